The molecule has 1 saturated heterocycles. The Balaban J connectivity index is 1.67. The van der Waals surface area contributed by atoms with Crippen molar-refractivity contribution in [3.05, 3.63) is 11.6 Å². The van der Waals surface area contributed by atoms with E-state index >= 15 is 0 Å². The SMILES string of the molecule is CCNC(=NCc1nnc2n1CCCCC2)N1CCN(C(C)=O)CC1. The first kappa shape index (κ1) is 17.7. The number of nitrogens with zero attached hydrogens (tertiary/aromatic N) is 6. The molecule has 3 heterocycles. The molecule has 2 aliphatic heterocycles. The summed E-state index contributed by atoms with van der Waals surface area (Å²) >= 11 is 0. The lowest BCUT2D eigenvalue weighted by atomic mass is 10.2. The van der Waals surface area contributed by atoms with Gasteiger partial charge in [0.05, 0.1) is 0 Å². The second kappa shape index (κ2) is 8.31. The number of nitrogens with one attached hydrogen (secondary N) is 1. The van der Waals surface area contributed by atoms with E-state index in [1.807, 2.05) is 4.90 Å². The van der Waals surface area contributed by atoms with E-state index in [4.69, 9.17) is 4.99 Å². The Kier molecular flexibility index (Phi) is 5.88. The van der Waals surface area contributed by atoms with Crippen LogP contribution in [-0.4, -0.2) is 69.2 Å². The molecule has 0 aliphatic carbocycles. The highest BCUT2D eigenvalue weighted by molar-refractivity contribution is 5.80. The molecule has 0 radical (unpaired) electrons. The Morgan fingerprint density at radius 2 is 1.84 bits per heavy atom. The molecular weight excluding hydrogens is 318 g/mol. The Morgan fingerprint density at radius 1 is 1.08 bits per heavy atom. The van der Waals surface area contributed by atoms with Crippen LogP contribution in [0.5, 0.6) is 0 Å². The van der Waals surface area contributed by atoms with E-state index in [-0.39, 0.29) is 5.91 Å². The van der Waals surface area contributed by atoms with Gasteiger partial charge in [0.25, 0.3) is 0 Å². The summed E-state index contributed by atoms with van der Waals surface area (Å²) < 4.78 is 2.24. The van der Waals surface area contributed by atoms with Crippen LogP contribution in [0.4, 0.5) is 0 Å². The molecule has 8 heteroatoms. The average molecular weight is 347 g/mol. The van der Waals surface area contributed by atoms with Gasteiger partial charge < -0.3 is 19.7 Å². The molecule has 1 aromatic rings. The maximum absolute atomic E-state index is 11.5. The molecule has 25 heavy (non-hydrogen) atoms. The molecular formula is C17H29N7O. The first-order valence-electron chi connectivity index (χ1n) is 9.38. The number of carbonyl (C=O) groups is 1. The third-order valence-corrected chi connectivity index (χ3v) is 4.92. The van der Waals surface area contributed by atoms with Gasteiger partial charge in [0, 0.05) is 52.6 Å². The molecule has 1 amide bonds. The summed E-state index contributed by atoms with van der Waals surface area (Å²) in [6, 6.07) is 0. The Labute approximate surface area is 149 Å². The van der Waals surface area contributed by atoms with Crippen LogP contribution >= 0.6 is 0 Å². The molecule has 0 unspecified atom stereocenters. The summed E-state index contributed by atoms with van der Waals surface area (Å²) in [5.41, 5.74) is 0. The van der Waals surface area contributed by atoms with Crippen LogP contribution in [0.15, 0.2) is 4.99 Å². The van der Waals surface area contributed by atoms with Crippen molar-refractivity contribution in [1.29, 1.82) is 0 Å². The van der Waals surface area contributed by atoms with Crippen molar-refractivity contribution >= 4 is 11.9 Å². The zero-order chi connectivity index (χ0) is 17.6. The van der Waals surface area contributed by atoms with E-state index in [2.05, 4.69) is 31.9 Å². The number of amides is 1. The fourth-order valence-electron chi connectivity index (χ4n) is 3.47. The minimum absolute atomic E-state index is 0.146. The number of piperazine rings is 1. The zero-order valence-electron chi connectivity index (χ0n) is 15.4. The standard InChI is InChI=1S/C17H29N7O/c1-3-18-17(23-11-9-22(10-12-23)14(2)25)19-13-16-21-20-15-7-5-4-6-8-24(15)16/h3-13H2,1-2H3,(H,18,19). The molecule has 138 valence electrons. The predicted octanol–water partition coefficient (Wildman–Crippen LogP) is 0.634. The predicted molar refractivity (Wildman–Crippen MR) is 96.2 cm³/mol. The molecule has 1 aromatic heterocycles. The summed E-state index contributed by atoms with van der Waals surface area (Å²) in [5, 5.41) is 12.1. The third kappa shape index (κ3) is 4.29. The van der Waals surface area contributed by atoms with Gasteiger partial charge >= 0.3 is 0 Å². The average Bonchev–Trinajstić information content (AvgIpc) is 2.85. The van der Waals surface area contributed by atoms with Crippen LogP contribution in [-0.2, 0) is 24.3 Å². The maximum Gasteiger partial charge on any atom is 0.219 e. The fourth-order valence-corrected chi connectivity index (χ4v) is 3.47. The van der Waals surface area contributed by atoms with Crippen LogP contribution in [0.3, 0.4) is 0 Å². The monoisotopic (exact) mass is 347 g/mol. The summed E-state index contributed by atoms with van der Waals surface area (Å²) in [5.74, 6) is 3.10. The number of guanidine groups is 1. The van der Waals surface area contributed by atoms with Gasteiger partial charge in [0.2, 0.25) is 5.91 Å². The van der Waals surface area contributed by atoms with Gasteiger partial charge in [-0.25, -0.2) is 4.99 Å². The van der Waals surface area contributed by atoms with E-state index in [0.717, 1.165) is 63.3 Å². The van der Waals surface area contributed by atoms with Gasteiger partial charge in [0.1, 0.15) is 12.4 Å². The highest BCUT2D eigenvalue weighted by atomic mass is 16.2. The van der Waals surface area contributed by atoms with Crippen LogP contribution < -0.4 is 5.32 Å². The van der Waals surface area contributed by atoms with Gasteiger partial charge in [-0.2, -0.15) is 0 Å². The van der Waals surface area contributed by atoms with Crippen molar-refractivity contribution in [2.24, 2.45) is 4.99 Å². The van der Waals surface area contributed by atoms with Crippen molar-refractivity contribution in [3.63, 3.8) is 0 Å². The molecule has 0 aromatic carbocycles. The van der Waals surface area contributed by atoms with Crippen molar-refractivity contribution in [2.45, 2.75) is 52.6 Å². The first-order valence-corrected chi connectivity index (χ1v) is 9.38. The van der Waals surface area contributed by atoms with Crippen molar-refractivity contribution < 1.29 is 4.79 Å². The normalized spacial score (nSPS) is 18.7. The summed E-state index contributed by atoms with van der Waals surface area (Å²) in [7, 11) is 0. The van der Waals surface area contributed by atoms with Crippen molar-refractivity contribution in [1.82, 2.24) is 29.9 Å². The number of rotatable bonds is 3. The maximum atomic E-state index is 11.5. The topological polar surface area (TPSA) is 78.7 Å². The summed E-state index contributed by atoms with van der Waals surface area (Å²) in [4.78, 5) is 20.4. The van der Waals surface area contributed by atoms with E-state index < -0.39 is 0 Å². The molecule has 1 N–H and O–H groups in total. The number of fused-ring (bicyclic) bond motifs is 1. The number of carbonyl (C=O) groups excluding carboxylic acids is 1. The molecule has 3 rings (SSSR count). The number of hydrogen-bond acceptors (Lipinski definition) is 4. The number of aryl methyl sites for hydroxylation is 1. The van der Waals surface area contributed by atoms with Gasteiger partial charge in [0.15, 0.2) is 11.8 Å². The van der Waals surface area contributed by atoms with Crippen LogP contribution in [0.2, 0.25) is 0 Å². The quantitative estimate of drug-likeness (QED) is 0.641. The molecule has 0 spiro atoms. The summed E-state index contributed by atoms with van der Waals surface area (Å²) in [6.45, 7) is 9.19. The Morgan fingerprint density at radius 3 is 2.56 bits per heavy atom. The second-order valence-corrected chi connectivity index (χ2v) is 6.66. The smallest absolute Gasteiger partial charge is 0.219 e. The number of aromatic nitrogens is 3. The van der Waals surface area contributed by atoms with Crippen LogP contribution in [0, 0.1) is 0 Å². The summed E-state index contributed by atoms with van der Waals surface area (Å²) in [6.07, 6.45) is 4.66. The molecule has 0 bridgehead atoms. The zero-order valence-corrected chi connectivity index (χ0v) is 15.4. The second-order valence-electron chi connectivity index (χ2n) is 6.66. The largest absolute Gasteiger partial charge is 0.357 e. The van der Waals surface area contributed by atoms with Gasteiger partial charge in [-0.15, -0.1) is 10.2 Å². The highest BCUT2D eigenvalue weighted by Gasteiger charge is 2.21. The van der Waals surface area contributed by atoms with Gasteiger partial charge in [-0.1, -0.05) is 6.42 Å². The highest BCUT2D eigenvalue weighted by Crippen LogP contribution is 2.15. The van der Waals surface area contributed by atoms with Gasteiger partial charge in [-0.3, -0.25) is 4.79 Å². The van der Waals surface area contributed by atoms with E-state index in [1.165, 1.54) is 19.3 Å². The molecule has 0 atom stereocenters. The Bertz CT molecular complexity index is 617. The molecule has 8 nitrogen and oxygen atoms in total. The number of hydrogen-bond donors (Lipinski definition) is 1. The molecule has 0 saturated carbocycles. The third-order valence-electron chi connectivity index (χ3n) is 4.92. The van der Waals surface area contributed by atoms with Crippen LogP contribution in [0.25, 0.3) is 0 Å². The van der Waals surface area contributed by atoms with Gasteiger partial charge in [-0.05, 0) is 19.8 Å². The lowest BCUT2D eigenvalue weighted by molar-refractivity contribution is -0.130. The lowest BCUT2D eigenvalue weighted by Gasteiger charge is -2.36. The molecule has 1 fully saturated rings. The van der Waals surface area contributed by atoms with E-state index in [0.29, 0.717) is 6.54 Å². The van der Waals surface area contributed by atoms with E-state index in [1.54, 1.807) is 6.92 Å². The minimum atomic E-state index is 0.146. The van der Waals surface area contributed by atoms with Crippen LogP contribution in [0.1, 0.15) is 44.8 Å². The fraction of sp³-hybridized carbons (Fsp3) is 0.765. The first-order chi connectivity index (χ1) is 12.2. The number of aliphatic imine (C=N–C) groups is 1. The lowest BCUT2D eigenvalue weighted by Crippen LogP contribution is -2.53. The van der Waals surface area contributed by atoms with Crippen molar-refractivity contribution in [3.8, 4) is 0 Å². The Hall–Kier alpha value is -2.12. The minimum Gasteiger partial charge on any atom is -0.357 e. The van der Waals surface area contributed by atoms with Crippen molar-refractivity contribution in [2.75, 3.05) is 32.7 Å². The molecule has 2 aliphatic rings. The van der Waals surface area contributed by atoms with E-state index in [9.17, 15) is 4.79 Å².